The van der Waals surface area contributed by atoms with Gasteiger partial charge in [-0.25, -0.2) is 0 Å². The fourth-order valence-corrected chi connectivity index (χ4v) is 4.20. The van der Waals surface area contributed by atoms with Gasteiger partial charge in [0.05, 0.1) is 34.2 Å². The molecule has 1 amide bonds. The fourth-order valence-electron chi connectivity index (χ4n) is 3.49. The van der Waals surface area contributed by atoms with Crippen LogP contribution in [-0.2, 0) is 13.2 Å². The molecule has 4 rings (SSSR count). The predicted octanol–water partition coefficient (Wildman–Crippen LogP) is 6.64. The number of ether oxygens (including phenoxy) is 1. The minimum absolute atomic E-state index is 0.0735. The lowest BCUT2D eigenvalue weighted by atomic mass is 10.2. The van der Waals surface area contributed by atoms with Crippen molar-refractivity contribution in [2.75, 3.05) is 5.32 Å². The van der Waals surface area contributed by atoms with E-state index >= 15 is 0 Å². The van der Waals surface area contributed by atoms with Crippen LogP contribution < -0.4 is 10.1 Å². The van der Waals surface area contributed by atoms with Gasteiger partial charge in [-0.15, -0.1) is 0 Å². The van der Waals surface area contributed by atoms with Crippen molar-refractivity contribution >= 4 is 46.4 Å². The Kier molecular flexibility index (Phi) is 7.16. The highest BCUT2D eigenvalue weighted by atomic mass is 35.5. The van der Waals surface area contributed by atoms with Crippen molar-refractivity contribution in [2.45, 2.75) is 33.9 Å². The van der Waals surface area contributed by atoms with Crippen LogP contribution in [0.1, 0.15) is 38.8 Å². The summed E-state index contributed by atoms with van der Waals surface area (Å²) in [5.74, 6) is 0.549. The van der Waals surface area contributed by atoms with E-state index in [0.29, 0.717) is 50.1 Å². The molecular formula is C24H21Cl3N4O3. The normalized spacial score (nSPS) is 11.0. The second-order valence-electron chi connectivity index (χ2n) is 7.64. The van der Waals surface area contributed by atoms with E-state index in [1.54, 1.807) is 41.9 Å². The number of hydrogen-bond donors (Lipinski definition) is 1. The summed E-state index contributed by atoms with van der Waals surface area (Å²) in [4.78, 5) is 13.1. The molecular weight excluding hydrogens is 499 g/mol. The third-order valence-electron chi connectivity index (χ3n) is 5.40. The zero-order valence-electron chi connectivity index (χ0n) is 18.7. The molecule has 2 heterocycles. The summed E-state index contributed by atoms with van der Waals surface area (Å²) in [7, 11) is 0. The number of nitrogens with one attached hydrogen (secondary N) is 1. The third kappa shape index (κ3) is 4.92. The molecule has 1 N–H and O–H groups in total. The molecule has 2 aromatic carbocycles. The Morgan fingerprint density at radius 2 is 1.68 bits per heavy atom. The largest absolute Gasteiger partial charge is 0.487 e. The zero-order chi connectivity index (χ0) is 24.4. The number of aromatic nitrogens is 3. The Labute approximate surface area is 211 Å². The number of halogens is 3. The van der Waals surface area contributed by atoms with E-state index in [-0.39, 0.29) is 12.3 Å². The van der Waals surface area contributed by atoms with Gasteiger partial charge in [0.2, 0.25) is 0 Å². The molecule has 0 atom stereocenters. The maximum absolute atomic E-state index is 13.1. The number of amides is 1. The van der Waals surface area contributed by atoms with Crippen LogP contribution in [0.4, 0.5) is 5.69 Å². The Hall–Kier alpha value is -3.00. The van der Waals surface area contributed by atoms with Gasteiger partial charge in [-0.3, -0.25) is 9.48 Å². The molecule has 34 heavy (non-hydrogen) atoms. The lowest BCUT2D eigenvalue weighted by molar-refractivity contribution is 0.101. The maximum Gasteiger partial charge on any atom is 0.278 e. The lowest BCUT2D eigenvalue weighted by Gasteiger charge is -2.10. The van der Waals surface area contributed by atoms with Crippen molar-refractivity contribution in [1.29, 1.82) is 0 Å². The van der Waals surface area contributed by atoms with Crippen LogP contribution in [0.3, 0.4) is 0 Å². The van der Waals surface area contributed by atoms with E-state index in [1.165, 1.54) is 0 Å². The molecule has 0 aliphatic rings. The van der Waals surface area contributed by atoms with Crippen LogP contribution >= 0.6 is 34.8 Å². The minimum atomic E-state index is -0.434. The number of aryl methyl sites for hydroxylation is 2. The number of benzene rings is 2. The van der Waals surface area contributed by atoms with Gasteiger partial charge >= 0.3 is 0 Å². The maximum atomic E-state index is 13.1. The van der Waals surface area contributed by atoms with Crippen molar-refractivity contribution in [2.24, 2.45) is 0 Å². The molecule has 2 aromatic heterocycles. The standard InChI is InChI=1S/C24H21Cl3N4O3/c1-13-22(14(2)31(29-13)11-16-18(25)8-6-9-19(16)26)28-24(32)23-17(15(3)34-30-23)12-33-21-10-5-4-7-20(21)27/h4-10H,11-12H2,1-3H3,(H,28,32). The van der Waals surface area contributed by atoms with Crippen LogP contribution in [0.25, 0.3) is 0 Å². The molecule has 0 aliphatic heterocycles. The molecule has 10 heteroatoms. The molecule has 0 saturated heterocycles. The Morgan fingerprint density at radius 3 is 2.38 bits per heavy atom. The van der Waals surface area contributed by atoms with Gasteiger partial charge in [-0.05, 0) is 45.0 Å². The monoisotopic (exact) mass is 518 g/mol. The summed E-state index contributed by atoms with van der Waals surface area (Å²) in [6.07, 6.45) is 0. The molecule has 7 nitrogen and oxygen atoms in total. The highest BCUT2D eigenvalue weighted by Gasteiger charge is 2.23. The number of carbonyl (C=O) groups is 1. The molecule has 0 unspecified atom stereocenters. The lowest BCUT2D eigenvalue weighted by Crippen LogP contribution is -2.16. The number of hydrogen-bond acceptors (Lipinski definition) is 5. The van der Waals surface area contributed by atoms with Crippen LogP contribution in [-0.4, -0.2) is 20.8 Å². The Bertz CT molecular complexity index is 1340. The molecule has 4 aromatic rings. The Balaban J connectivity index is 1.54. The number of nitrogens with zero attached hydrogens (tertiary/aromatic N) is 3. The summed E-state index contributed by atoms with van der Waals surface area (Å²) >= 11 is 18.8. The van der Waals surface area contributed by atoms with Crippen molar-refractivity contribution in [3.05, 3.63) is 91.5 Å². The second-order valence-corrected chi connectivity index (χ2v) is 8.86. The second kappa shape index (κ2) is 10.1. The Morgan fingerprint density at radius 1 is 1.00 bits per heavy atom. The van der Waals surface area contributed by atoms with Crippen LogP contribution in [0.2, 0.25) is 15.1 Å². The van der Waals surface area contributed by atoms with Crippen molar-refractivity contribution in [3.63, 3.8) is 0 Å². The quantitative estimate of drug-likeness (QED) is 0.296. The van der Waals surface area contributed by atoms with Gasteiger partial charge in [-0.2, -0.15) is 5.10 Å². The topological polar surface area (TPSA) is 82.2 Å². The zero-order valence-corrected chi connectivity index (χ0v) is 20.9. The third-order valence-corrected chi connectivity index (χ3v) is 6.42. The van der Waals surface area contributed by atoms with Crippen LogP contribution in [0, 0.1) is 20.8 Å². The van der Waals surface area contributed by atoms with Gasteiger partial charge in [0.1, 0.15) is 18.1 Å². The van der Waals surface area contributed by atoms with E-state index in [2.05, 4.69) is 15.6 Å². The summed E-state index contributed by atoms with van der Waals surface area (Å²) in [5, 5.41) is 13.0. The molecule has 176 valence electrons. The van der Waals surface area contributed by atoms with E-state index in [9.17, 15) is 4.79 Å². The van der Waals surface area contributed by atoms with E-state index in [0.717, 1.165) is 11.3 Å². The predicted molar refractivity (Wildman–Crippen MR) is 132 cm³/mol. The van der Waals surface area contributed by atoms with Gasteiger partial charge in [0.25, 0.3) is 5.91 Å². The van der Waals surface area contributed by atoms with Crippen molar-refractivity contribution in [1.82, 2.24) is 14.9 Å². The van der Waals surface area contributed by atoms with E-state index in [1.807, 2.05) is 26.0 Å². The van der Waals surface area contributed by atoms with Crippen molar-refractivity contribution < 1.29 is 14.1 Å². The first kappa shape index (κ1) is 24.1. The summed E-state index contributed by atoms with van der Waals surface area (Å²) in [6, 6.07) is 12.4. The molecule has 0 saturated carbocycles. The fraction of sp³-hybridized carbons (Fsp3) is 0.208. The first-order valence-electron chi connectivity index (χ1n) is 10.4. The van der Waals surface area contributed by atoms with Gasteiger partial charge in [0, 0.05) is 15.6 Å². The molecule has 0 fully saturated rings. The molecule has 0 bridgehead atoms. The number of para-hydroxylation sites is 1. The first-order chi connectivity index (χ1) is 16.3. The summed E-state index contributed by atoms with van der Waals surface area (Å²) in [5.41, 5.74) is 3.37. The molecule has 0 radical (unpaired) electrons. The number of anilines is 1. The van der Waals surface area contributed by atoms with E-state index in [4.69, 9.17) is 44.1 Å². The van der Waals surface area contributed by atoms with Gasteiger partial charge in [0.15, 0.2) is 5.69 Å². The first-order valence-corrected chi connectivity index (χ1v) is 11.5. The van der Waals surface area contributed by atoms with Gasteiger partial charge in [-0.1, -0.05) is 58.2 Å². The number of carbonyl (C=O) groups excluding carboxylic acids is 1. The SMILES string of the molecule is Cc1nn(Cc2c(Cl)cccc2Cl)c(C)c1NC(=O)c1noc(C)c1COc1ccccc1Cl. The summed E-state index contributed by atoms with van der Waals surface area (Å²) in [6.45, 7) is 5.82. The molecule has 0 spiro atoms. The smallest absolute Gasteiger partial charge is 0.278 e. The number of rotatable bonds is 7. The average molecular weight is 520 g/mol. The summed E-state index contributed by atoms with van der Waals surface area (Å²) < 4.78 is 12.8. The molecule has 0 aliphatic carbocycles. The minimum Gasteiger partial charge on any atom is -0.487 e. The highest BCUT2D eigenvalue weighted by molar-refractivity contribution is 6.36. The van der Waals surface area contributed by atoms with Crippen molar-refractivity contribution in [3.8, 4) is 5.75 Å². The van der Waals surface area contributed by atoms with Crippen LogP contribution in [0.15, 0.2) is 47.0 Å². The van der Waals surface area contributed by atoms with E-state index < -0.39 is 5.91 Å². The van der Waals surface area contributed by atoms with Crippen LogP contribution in [0.5, 0.6) is 5.75 Å². The van der Waals surface area contributed by atoms with Gasteiger partial charge < -0.3 is 14.6 Å². The average Bonchev–Trinajstić information content (AvgIpc) is 3.30. The highest BCUT2D eigenvalue weighted by Crippen LogP contribution is 2.29.